The van der Waals surface area contributed by atoms with E-state index >= 15 is 0 Å². The molecular weight excluding hydrogens is 238 g/mol. The predicted octanol–water partition coefficient (Wildman–Crippen LogP) is 2.33. The SMILES string of the molecule is C[C@@H]1C(=O)C2=C3[C@H]1CCN3CCOc1ccccc12. The van der Waals surface area contributed by atoms with Crippen molar-refractivity contribution in [3.63, 3.8) is 0 Å². The van der Waals surface area contributed by atoms with E-state index < -0.39 is 0 Å². The fourth-order valence-electron chi connectivity index (χ4n) is 3.72. The van der Waals surface area contributed by atoms with Crippen LogP contribution < -0.4 is 4.74 Å². The van der Waals surface area contributed by atoms with Gasteiger partial charge in [-0.15, -0.1) is 0 Å². The molecule has 1 aromatic carbocycles. The third kappa shape index (κ3) is 1.41. The van der Waals surface area contributed by atoms with E-state index in [2.05, 4.69) is 11.8 Å². The lowest BCUT2D eigenvalue weighted by atomic mass is 9.94. The van der Waals surface area contributed by atoms with Crippen molar-refractivity contribution in [3.05, 3.63) is 35.5 Å². The van der Waals surface area contributed by atoms with Gasteiger partial charge in [-0.3, -0.25) is 4.79 Å². The van der Waals surface area contributed by atoms with Gasteiger partial charge in [0.2, 0.25) is 0 Å². The number of benzene rings is 1. The van der Waals surface area contributed by atoms with Gasteiger partial charge in [0.15, 0.2) is 5.78 Å². The van der Waals surface area contributed by atoms with Crippen molar-refractivity contribution in [2.45, 2.75) is 13.3 Å². The van der Waals surface area contributed by atoms with Crippen LogP contribution in [0.25, 0.3) is 5.57 Å². The molecule has 0 N–H and O–H groups in total. The van der Waals surface area contributed by atoms with Crippen LogP contribution in [0.5, 0.6) is 5.75 Å². The molecule has 2 aliphatic heterocycles. The Morgan fingerprint density at radius 3 is 3.00 bits per heavy atom. The Bertz CT molecular complexity index is 590. The molecule has 3 nitrogen and oxygen atoms in total. The van der Waals surface area contributed by atoms with Crippen LogP contribution in [0, 0.1) is 11.8 Å². The average molecular weight is 255 g/mol. The number of hydrogen-bond donors (Lipinski definition) is 0. The number of carbonyl (C=O) groups is 1. The Labute approximate surface area is 112 Å². The van der Waals surface area contributed by atoms with E-state index in [1.807, 2.05) is 24.3 Å². The van der Waals surface area contributed by atoms with E-state index in [4.69, 9.17) is 4.74 Å². The van der Waals surface area contributed by atoms with Crippen molar-refractivity contribution in [2.24, 2.45) is 11.8 Å². The van der Waals surface area contributed by atoms with E-state index in [1.54, 1.807) is 0 Å². The summed E-state index contributed by atoms with van der Waals surface area (Å²) in [6, 6.07) is 7.95. The van der Waals surface area contributed by atoms with Crippen LogP contribution in [0.3, 0.4) is 0 Å². The van der Waals surface area contributed by atoms with Crippen molar-refractivity contribution < 1.29 is 9.53 Å². The van der Waals surface area contributed by atoms with E-state index in [0.717, 1.165) is 36.4 Å². The van der Waals surface area contributed by atoms with Gasteiger partial charge in [0.05, 0.1) is 6.54 Å². The Balaban J connectivity index is 1.98. The number of fused-ring (bicyclic) bond motifs is 2. The van der Waals surface area contributed by atoms with Crippen LogP contribution in [-0.4, -0.2) is 30.4 Å². The van der Waals surface area contributed by atoms with Gasteiger partial charge in [-0.25, -0.2) is 0 Å². The van der Waals surface area contributed by atoms with E-state index in [0.29, 0.717) is 18.3 Å². The fraction of sp³-hybridized carbons (Fsp3) is 0.438. The standard InChI is InChI=1S/C16H17NO2/c1-10-11-6-7-17-8-9-19-13-5-3-2-4-12(13)14(15(11)17)16(10)18/h2-5,10-11H,6-9H2,1H3/t10-,11-/m0/s1. The molecule has 1 aliphatic carbocycles. The van der Waals surface area contributed by atoms with Crippen LogP contribution in [0.4, 0.5) is 0 Å². The number of ketones is 1. The first kappa shape index (κ1) is 11.1. The highest BCUT2D eigenvalue weighted by atomic mass is 16.5. The molecule has 4 rings (SSSR count). The summed E-state index contributed by atoms with van der Waals surface area (Å²) >= 11 is 0. The number of nitrogens with zero attached hydrogens (tertiary/aromatic N) is 1. The van der Waals surface area contributed by atoms with Crippen molar-refractivity contribution in [1.82, 2.24) is 4.90 Å². The van der Waals surface area contributed by atoms with Crippen LogP contribution in [0.1, 0.15) is 18.9 Å². The largest absolute Gasteiger partial charge is 0.491 e. The molecule has 1 saturated heterocycles. The van der Waals surface area contributed by atoms with Crippen molar-refractivity contribution in [2.75, 3.05) is 19.7 Å². The lowest BCUT2D eigenvalue weighted by Crippen LogP contribution is -2.27. The number of carbonyl (C=O) groups excluding carboxylic acids is 1. The van der Waals surface area contributed by atoms with E-state index in [9.17, 15) is 4.79 Å². The zero-order valence-electron chi connectivity index (χ0n) is 11.1. The summed E-state index contributed by atoms with van der Waals surface area (Å²) in [6.07, 6.45) is 1.11. The minimum Gasteiger partial charge on any atom is -0.491 e. The number of allylic oxidation sites excluding steroid dienone is 2. The second-order valence-corrected chi connectivity index (χ2v) is 5.64. The van der Waals surface area contributed by atoms with Gasteiger partial charge >= 0.3 is 0 Å². The van der Waals surface area contributed by atoms with E-state index in [-0.39, 0.29) is 5.92 Å². The molecule has 2 atom stereocenters. The molecule has 0 spiro atoms. The molecule has 19 heavy (non-hydrogen) atoms. The second kappa shape index (κ2) is 3.86. The maximum atomic E-state index is 12.6. The first-order valence-corrected chi connectivity index (χ1v) is 7.03. The van der Waals surface area contributed by atoms with Crippen LogP contribution in [-0.2, 0) is 4.79 Å². The summed E-state index contributed by atoms with van der Waals surface area (Å²) in [5, 5.41) is 0. The lowest BCUT2D eigenvalue weighted by molar-refractivity contribution is -0.117. The molecule has 1 aromatic rings. The van der Waals surface area contributed by atoms with Crippen molar-refractivity contribution >= 4 is 11.4 Å². The smallest absolute Gasteiger partial charge is 0.168 e. The molecule has 98 valence electrons. The Hall–Kier alpha value is -1.77. The summed E-state index contributed by atoms with van der Waals surface area (Å²) < 4.78 is 5.84. The molecule has 0 amide bonds. The minimum absolute atomic E-state index is 0.126. The zero-order chi connectivity index (χ0) is 13.0. The Morgan fingerprint density at radius 2 is 2.11 bits per heavy atom. The lowest BCUT2D eigenvalue weighted by Gasteiger charge is -2.25. The summed E-state index contributed by atoms with van der Waals surface area (Å²) in [5.74, 6) is 1.70. The number of Topliss-reactive ketones (excluding diaryl/α,β-unsaturated/α-hetero) is 1. The Kier molecular flexibility index (Phi) is 2.25. The summed E-state index contributed by atoms with van der Waals surface area (Å²) in [7, 11) is 0. The van der Waals surface area contributed by atoms with Gasteiger partial charge in [0, 0.05) is 35.2 Å². The van der Waals surface area contributed by atoms with Gasteiger partial charge in [-0.2, -0.15) is 0 Å². The topological polar surface area (TPSA) is 29.5 Å². The maximum Gasteiger partial charge on any atom is 0.168 e. The maximum absolute atomic E-state index is 12.6. The van der Waals surface area contributed by atoms with Crippen LogP contribution in [0.15, 0.2) is 30.0 Å². The van der Waals surface area contributed by atoms with Gasteiger partial charge in [-0.05, 0) is 12.5 Å². The molecule has 0 bridgehead atoms. The highest BCUT2D eigenvalue weighted by molar-refractivity contribution is 6.25. The summed E-state index contributed by atoms with van der Waals surface area (Å²) in [6.45, 7) is 4.73. The molecule has 0 unspecified atom stereocenters. The molecule has 3 aliphatic rings. The highest BCUT2D eigenvalue weighted by Gasteiger charge is 2.46. The molecule has 3 heteroatoms. The van der Waals surface area contributed by atoms with Crippen molar-refractivity contribution in [1.29, 1.82) is 0 Å². The normalized spacial score (nSPS) is 28.7. The predicted molar refractivity (Wildman–Crippen MR) is 72.7 cm³/mol. The first-order chi connectivity index (χ1) is 9.27. The number of para-hydroxylation sites is 1. The third-order valence-corrected chi connectivity index (χ3v) is 4.70. The second-order valence-electron chi connectivity index (χ2n) is 5.64. The molecule has 1 fully saturated rings. The van der Waals surface area contributed by atoms with Crippen LogP contribution >= 0.6 is 0 Å². The molecule has 0 aromatic heterocycles. The molecule has 0 saturated carbocycles. The molecular formula is C16H17NO2. The Morgan fingerprint density at radius 1 is 1.26 bits per heavy atom. The monoisotopic (exact) mass is 255 g/mol. The van der Waals surface area contributed by atoms with Gasteiger partial charge in [-0.1, -0.05) is 25.1 Å². The number of ether oxygens (including phenoxy) is 1. The first-order valence-electron chi connectivity index (χ1n) is 7.03. The van der Waals surface area contributed by atoms with E-state index in [1.165, 1.54) is 5.70 Å². The van der Waals surface area contributed by atoms with Crippen molar-refractivity contribution in [3.8, 4) is 5.75 Å². The molecule has 0 radical (unpaired) electrons. The molecule has 2 heterocycles. The minimum atomic E-state index is 0.126. The van der Waals surface area contributed by atoms with Gasteiger partial charge < -0.3 is 9.64 Å². The quantitative estimate of drug-likeness (QED) is 0.712. The average Bonchev–Trinajstić information content (AvgIpc) is 2.90. The highest BCUT2D eigenvalue weighted by Crippen LogP contribution is 2.48. The summed E-state index contributed by atoms with van der Waals surface area (Å²) in [5.41, 5.74) is 3.20. The fourth-order valence-corrected chi connectivity index (χ4v) is 3.72. The number of hydrogen-bond acceptors (Lipinski definition) is 3. The summed E-state index contributed by atoms with van der Waals surface area (Å²) in [4.78, 5) is 15.0. The van der Waals surface area contributed by atoms with Gasteiger partial charge in [0.1, 0.15) is 12.4 Å². The number of rotatable bonds is 0. The van der Waals surface area contributed by atoms with Gasteiger partial charge in [0.25, 0.3) is 0 Å². The zero-order valence-corrected chi connectivity index (χ0v) is 11.1. The third-order valence-electron chi connectivity index (χ3n) is 4.70. The van der Waals surface area contributed by atoms with Crippen LogP contribution in [0.2, 0.25) is 0 Å².